The molecule has 4 atom stereocenters. The lowest BCUT2D eigenvalue weighted by atomic mass is 9.89. The molecule has 0 amide bonds. The summed E-state index contributed by atoms with van der Waals surface area (Å²) in [5.74, 6) is -0.974. The Kier molecular flexibility index (Phi) is 7.70. The van der Waals surface area contributed by atoms with E-state index in [-0.39, 0.29) is 12.3 Å². The van der Waals surface area contributed by atoms with Gasteiger partial charge in [0.2, 0.25) is 0 Å². The highest BCUT2D eigenvalue weighted by Gasteiger charge is 2.63. The minimum atomic E-state index is -6.78. The van der Waals surface area contributed by atoms with Gasteiger partial charge in [0.25, 0.3) is 19.7 Å². The summed E-state index contributed by atoms with van der Waals surface area (Å²) in [5.41, 5.74) is -12.5. The Morgan fingerprint density at radius 1 is 0.969 bits per heavy atom. The van der Waals surface area contributed by atoms with Crippen LogP contribution in [0.2, 0.25) is 0 Å². The Balaban J connectivity index is 2.18. The molecule has 186 valence electrons. The van der Waals surface area contributed by atoms with Gasteiger partial charge in [0, 0.05) is 12.8 Å². The fraction of sp³-hybridized carbons (Fsp3) is 0.833. The number of carbonyl (C=O) groups excluding carboxylic acids is 1. The van der Waals surface area contributed by atoms with Gasteiger partial charge in [0.15, 0.2) is 4.58 Å². The van der Waals surface area contributed by atoms with E-state index in [4.69, 9.17) is 4.74 Å². The first-order valence-corrected chi connectivity index (χ1v) is 12.9. The van der Waals surface area contributed by atoms with E-state index in [1.54, 1.807) is 0 Å². The molecule has 32 heavy (non-hydrogen) atoms. The summed E-state index contributed by atoms with van der Waals surface area (Å²) in [6, 6.07) is 0. The molecule has 0 N–H and O–H groups in total. The number of rotatable bonds is 9. The Morgan fingerprint density at radius 3 is 1.88 bits per heavy atom. The van der Waals surface area contributed by atoms with Crippen molar-refractivity contribution >= 4 is 25.6 Å². The van der Waals surface area contributed by atoms with Crippen LogP contribution < -0.4 is 0 Å². The third-order valence-electron chi connectivity index (χ3n) is 5.92. The van der Waals surface area contributed by atoms with E-state index in [0.29, 0.717) is 18.3 Å². The number of fused-ring (bicyclic) bond motifs is 2. The summed E-state index contributed by atoms with van der Waals surface area (Å²) >= 11 is 0. The van der Waals surface area contributed by atoms with Gasteiger partial charge in [-0.25, -0.2) is 16.8 Å². The minimum Gasteiger partial charge on any atom is -0.462 e. The Bertz CT molecular complexity index is 892. The predicted molar refractivity (Wildman–Crippen MR) is 101 cm³/mol. The monoisotopic (exact) mass is 514 g/mol. The molecular formula is C18H24F6O6S2. The van der Waals surface area contributed by atoms with Crippen LogP contribution in [0.5, 0.6) is 0 Å². The van der Waals surface area contributed by atoms with Crippen LogP contribution >= 0.6 is 0 Å². The molecule has 1 fully saturated rings. The molecule has 2 aliphatic carbocycles. The summed E-state index contributed by atoms with van der Waals surface area (Å²) < 4.78 is 126. The fourth-order valence-electron chi connectivity index (χ4n) is 4.12. The predicted octanol–water partition coefficient (Wildman–Crippen LogP) is 4.13. The third-order valence-corrected chi connectivity index (χ3v) is 10.5. The number of carbonyl (C=O) groups is 1. The van der Waals surface area contributed by atoms with Crippen LogP contribution in [0, 0.1) is 23.7 Å². The van der Waals surface area contributed by atoms with Crippen molar-refractivity contribution in [3.63, 3.8) is 0 Å². The number of hydrogen-bond acceptors (Lipinski definition) is 6. The van der Waals surface area contributed by atoms with E-state index in [9.17, 15) is 48.0 Å². The normalized spacial score (nSPS) is 25.0. The van der Waals surface area contributed by atoms with Crippen LogP contribution in [0.15, 0.2) is 12.2 Å². The van der Waals surface area contributed by atoms with Gasteiger partial charge in [-0.2, -0.15) is 26.3 Å². The van der Waals surface area contributed by atoms with E-state index < -0.39 is 59.7 Å². The first-order valence-electron chi connectivity index (χ1n) is 9.86. The number of allylic oxidation sites excluding steroid dienone is 2. The molecule has 2 aliphatic rings. The summed E-state index contributed by atoms with van der Waals surface area (Å²) in [6.07, 6.45) is 2.67. The van der Waals surface area contributed by atoms with Gasteiger partial charge in [-0.1, -0.05) is 26.0 Å². The number of sulfone groups is 2. The SMILES string of the molecule is CC(C)C(CC(S(=O)(=O)C(F)(F)F)S(=O)(=O)C(F)(F)F)OC(=O)CCC1CC2C=CC1C2. The average Bonchev–Trinajstić information content (AvgIpc) is 3.23. The zero-order valence-electron chi connectivity index (χ0n) is 17.2. The molecule has 0 aromatic heterocycles. The summed E-state index contributed by atoms with van der Waals surface area (Å²) in [4.78, 5) is 12.2. The van der Waals surface area contributed by atoms with Crippen LogP contribution in [0.4, 0.5) is 26.3 Å². The van der Waals surface area contributed by atoms with E-state index in [2.05, 4.69) is 6.08 Å². The van der Waals surface area contributed by atoms with E-state index in [1.807, 2.05) is 6.08 Å². The van der Waals surface area contributed by atoms with Gasteiger partial charge in [0.05, 0.1) is 0 Å². The summed E-state index contributed by atoms with van der Waals surface area (Å²) in [7, 11) is -13.6. The molecule has 0 aliphatic heterocycles. The van der Waals surface area contributed by atoms with Crippen LogP contribution in [0.3, 0.4) is 0 Å². The van der Waals surface area contributed by atoms with Gasteiger partial charge >= 0.3 is 17.0 Å². The van der Waals surface area contributed by atoms with Gasteiger partial charge in [-0.3, -0.25) is 4.79 Å². The molecule has 0 heterocycles. The second-order valence-corrected chi connectivity index (χ2v) is 13.0. The number of alkyl halides is 6. The quantitative estimate of drug-likeness (QED) is 0.261. The molecule has 2 bridgehead atoms. The second kappa shape index (κ2) is 9.15. The number of hydrogen-bond donors (Lipinski definition) is 0. The topological polar surface area (TPSA) is 94.6 Å². The first-order chi connectivity index (χ1) is 14.4. The number of halogens is 6. The van der Waals surface area contributed by atoms with Crippen LogP contribution in [-0.4, -0.2) is 44.5 Å². The van der Waals surface area contributed by atoms with Crippen molar-refractivity contribution in [3.8, 4) is 0 Å². The van der Waals surface area contributed by atoms with Gasteiger partial charge < -0.3 is 4.74 Å². The van der Waals surface area contributed by atoms with Gasteiger partial charge in [0.1, 0.15) is 6.10 Å². The van der Waals surface area contributed by atoms with Crippen LogP contribution in [-0.2, 0) is 29.2 Å². The second-order valence-electron chi connectivity index (χ2n) is 8.50. The molecule has 0 aromatic carbocycles. The van der Waals surface area contributed by atoms with Crippen molar-refractivity contribution in [2.75, 3.05) is 0 Å². The fourth-order valence-corrected chi connectivity index (χ4v) is 7.59. The molecule has 14 heteroatoms. The third kappa shape index (κ3) is 5.60. The zero-order valence-corrected chi connectivity index (χ0v) is 18.8. The maximum atomic E-state index is 13.0. The van der Waals surface area contributed by atoms with Crippen molar-refractivity contribution < 1.29 is 52.7 Å². The van der Waals surface area contributed by atoms with E-state index in [0.717, 1.165) is 12.8 Å². The maximum Gasteiger partial charge on any atom is 0.498 e. The lowest BCUT2D eigenvalue weighted by Crippen LogP contribution is -2.47. The van der Waals surface area contributed by atoms with Crippen LogP contribution in [0.25, 0.3) is 0 Å². The lowest BCUT2D eigenvalue weighted by molar-refractivity contribution is -0.152. The molecule has 0 radical (unpaired) electrons. The smallest absolute Gasteiger partial charge is 0.462 e. The average molecular weight is 515 g/mol. The Hall–Kier alpha value is -1.31. The summed E-state index contributed by atoms with van der Waals surface area (Å²) in [5, 5.41) is 0. The molecule has 6 nitrogen and oxygen atoms in total. The lowest BCUT2D eigenvalue weighted by Gasteiger charge is -2.27. The van der Waals surface area contributed by atoms with E-state index in [1.165, 1.54) is 13.8 Å². The highest BCUT2D eigenvalue weighted by molar-refractivity contribution is 8.09. The van der Waals surface area contributed by atoms with Crippen molar-refractivity contribution in [3.05, 3.63) is 12.2 Å². The Labute approximate surface area is 182 Å². The van der Waals surface area contributed by atoms with Crippen molar-refractivity contribution in [1.82, 2.24) is 0 Å². The summed E-state index contributed by atoms with van der Waals surface area (Å²) in [6.45, 7) is 2.52. The van der Waals surface area contributed by atoms with Crippen molar-refractivity contribution in [2.24, 2.45) is 23.7 Å². The molecular weight excluding hydrogens is 490 g/mol. The van der Waals surface area contributed by atoms with Crippen molar-refractivity contribution in [1.29, 1.82) is 0 Å². The molecule has 4 unspecified atom stereocenters. The molecule has 0 aromatic rings. The molecule has 0 saturated heterocycles. The molecule has 0 spiro atoms. The largest absolute Gasteiger partial charge is 0.498 e. The zero-order chi connectivity index (χ0) is 24.7. The molecule has 1 saturated carbocycles. The van der Waals surface area contributed by atoms with E-state index >= 15 is 0 Å². The van der Waals surface area contributed by atoms with Crippen molar-refractivity contribution in [2.45, 2.75) is 67.7 Å². The Morgan fingerprint density at radius 2 is 1.50 bits per heavy atom. The number of ether oxygens (including phenoxy) is 1. The maximum absolute atomic E-state index is 13.0. The van der Waals surface area contributed by atoms with Gasteiger partial charge in [-0.05, 0) is 42.9 Å². The standard InChI is InChI=1S/C18H24F6O6S2/c1-10(2)14(30-15(25)6-5-13-8-11-3-4-12(13)7-11)9-16(31(26,27)17(19,20)21)32(28,29)18(22,23)24/h3-4,10-14,16H,5-9H2,1-2H3. The first kappa shape index (κ1) is 26.9. The molecule has 2 rings (SSSR count). The van der Waals surface area contributed by atoms with Crippen LogP contribution in [0.1, 0.15) is 46.0 Å². The minimum absolute atomic E-state index is 0.173. The number of esters is 1. The van der Waals surface area contributed by atoms with Gasteiger partial charge in [-0.15, -0.1) is 0 Å². The highest BCUT2D eigenvalue weighted by Crippen LogP contribution is 2.45. The highest BCUT2D eigenvalue weighted by atomic mass is 32.3.